The molecule has 0 atom stereocenters. The molecular formula is C14H20N2O2S. The van der Waals surface area contributed by atoms with Crippen LogP contribution in [0.15, 0.2) is 17.0 Å². The average molecular weight is 280 g/mol. The van der Waals surface area contributed by atoms with Gasteiger partial charge in [0.1, 0.15) is 0 Å². The minimum atomic E-state index is -3.78. The third-order valence-corrected chi connectivity index (χ3v) is 4.07. The molecule has 0 aliphatic heterocycles. The van der Waals surface area contributed by atoms with Gasteiger partial charge in [0.25, 0.3) is 0 Å². The number of sulfonamides is 1. The highest BCUT2D eigenvalue weighted by atomic mass is 32.2. The summed E-state index contributed by atoms with van der Waals surface area (Å²) in [6, 6.07) is 5.63. The minimum Gasteiger partial charge on any atom is -0.225 e. The fourth-order valence-corrected chi connectivity index (χ4v) is 2.94. The van der Waals surface area contributed by atoms with Crippen molar-refractivity contribution in [3.63, 3.8) is 0 Å². The Morgan fingerprint density at radius 2 is 1.89 bits per heavy atom. The zero-order valence-electron chi connectivity index (χ0n) is 11.8. The van der Waals surface area contributed by atoms with E-state index in [1.807, 2.05) is 33.8 Å². The van der Waals surface area contributed by atoms with Crippen LogP contribution < -0.4 is 5.14 Å². The molecule has 0 unspecified atom stereocenters. The van der Waals surface area contributed by atoms with Crippen molar-refractivity contribution in [2.45, 2.75) is 50.8 Å². The smallest absolute Gasteiger partial charge is 0.225 e. The van der Waals surface area contributed by atoms with E-state index in [0.717, 1.165) is 11.1 Å². The summed E-state index contributed by atoms with van der Waals surface area (Å²) in [5.41, 5.74) is 2.08. The van der Waals surface area contributed by atoms with Gasteiger partial charge < -0.3 is 0 Å². The summed E-state index contributed by atoms with van der Waals surface area (Å²) in [5.74, 6) is 0. The standard InChI is InChI=1S/C14H20N2O2S/c1-5-12-10(6-7-15)8-11(14(2,3)4)9-13(12)19(16,17)18/h8-9H,5-6H2,1-4H3,(H2,16,17,18). The van der Waals surface area contributed by atoms with Crippen LogP contribution in [0.5, 0.6) is 0 Å². The highest BCUT2D eigenvalue weighted by Gasteiger charge is 2.22. The van der Waals surface area contributed by atoms with Crippen LogP contribution in [0, 0.1) is 11.3 Å². The molecule has 0 spiro atoms. The van der Waals surface area contributed by atoms with Crippen molar-refractivity contribution in [1.29, 1.82) is 5.26 Å². The number of rotatable bonds is 3. The first-order valence-corrected chi connectivity index (χ1v) is 7.72. The lowest BCUT2D eigenvalue weighted by Gasteiger charge is -2.22. The molecule has 0 fully saturated rings. The van der Waals surface area contributed by atoms with Gasteiger partial charge in [-0.3, -0.25) is 0 Å². The van der Waals surface area contributed by atoms with E-state index in [4.69, 9.17) is 10.4 Å². The lowest BCUT2D eigenvalue weighted by atomic mass is 9.84. The zero-order chi connectivity index (χ0) is 14.8. The fraction of sp³-hybridized carbons (Fsp3) is 0.500. The Hall–Kier alpha value is -1.38. The highest BCUT2D eigenvalue weighted by Crippen LogP contribution is 2.29. The van der Waals surface area contributed by atoms with E-state index in [2.05, 4.69) is 6.07 Å². The van der Waals surface area contributed by atoms with Crippen LogP contribution in [0.2, 0.25) is 0 Å². The molecule has 0 aliphatic carbocycles. The van der Waals surface area contributed by atoms with E-state index in [1.54, 1.807) is 6.07 Å². The highest BCUT2D eigenvalue weighted by molar-refractivity contribution is 7.89. The molecule has 0 bridgehead atoms. The first-order valence-electron chi connectivity index (χ1n) is 6.17. The number of nitrogens with two attached hydrogens (primary N) is 1. The second-order valence-electron chi connectivity index (χ2n) is 5.60. The van der Waals surface area contributed by atoms with Gasteiger partial charge in [-0.2, -0.15) is 5.26 Å². The van der Waals surface area contributed by atoms with Crippen molar-refractivity contribution < 1.29 is 8.42 Å². The SMILES string of the molecule is CCc1c(CC#N)cc(C(C)(C)C)cc1S(N)(=O)=O. The molecule has 1 rings (SSSR count). The van der Waals surface area contributed by atoms with Crippen LogP contribution in [-0.2, 0) is 28.3 Å². The molecule has 0 heterocycles. The third kappa shape index (κ3) is 3.55. The van der Waals surface area contributed by atoms with Gasteiger partial charge in [0.2, 0.25) is 10.0 Å². The average Bonchev–Trinajstić information content (AvgIpc) is 2.26. The van der Waals surface area contributed by atoms with E-state index < -0.39 is 10.0 Å². The zero-order valence-corrected chi connectivity index (χ0v) is 12.6. The maximum absolute atomic E-state index is 11.7. The summed E-state index contributed by atoms with van der Waals surface area (Å²) in [7, 11) is -3.78. The molecule has 0 saturated carbocycles. The topological polar surface area (TPSA) is 83.9 Å². The molecule has 0 aromatic heterocycles. The Kier molecular flexibility index (Phi) is 4.39. The van der Waals surface area contributed by atoms with Gasteiger partial charge in [-0.05, 0) is 34.6 Å². The van der Waals surface area contributed by atoms with Crippen LogP contribution in [-0.4, -0.2) is 8.42 Å². The first kappa shape index (κ1) is 15.7. The summed E-state index contributed by atoms with van der Waals surface area (Å²) >= 11 is 0. The van der Waals surface area contributed by atoms with Crippen molar-refractivity contribution in [2.24, 2.45) is 5.14 Å². The van der Waals surface area contributed by atoms with Gasteiger partial charge in [0, 0.05) is 0 Å². The first-order chi connectivity index (χ1) is 8.61. The summed E-state index contributed by atoms with van der Waals surface area (Å²) in [6.07, 6.45) is 0.725. The maximum atomic E-state index is 11.7. The van der Waals surface area contributed by atoms with Crippen molar-refractivity contribution in [3.05, 3.63) is 28.8 Å². The van der Waals surface area contributed by atoms with Crippen molar-refractivity contribution in [1.82, 2.24) is 0 Å². The third-order valence-electron chi connectivity index (χ3n) is 3.10. The quantitative estimate of drug-likeness (QED) is 0.921. The molecule has 0 amide bonds. The van der Waals surface area contributed by atoms with E-state index in [9.17, 15) is 8.42 Å². The Balaban J connectivity index is 3.70. The minimum absolute atomic E-state index is 0.146. The van der Waals surface area contributed by atoms with Crippen LogP contribution in [0.4, 0.5) is 0 Å². The monoisotopic (exact) mass is 280 g/mol. The number of benzene rings is 1. The largest absolute Gasteiger partial charge is 0.238 e. The van der Waals surface area contributed by atoms with Crippen molar-refractivity contribution in [2.75, 3.05) is 0 Å². The molecule has 1 aromatic carbocycles. The van der Waals surface area contributed by atoms with Gasteiger partial charge in [-0.1, -0.05) is 33.8 Å². The van der Waals surface area contributed by atoms with Gasteiger partial charge in [-0.15, -0.1) is 0 Å². The van der Waals surface area contributed by atoms with E-state index in [-0.39, 0.29) is 16.7 Å². The van der Waals surface area contributed by atoms with Crippen LogP contribution in [0.25, 0.3) is 0 Å². The number of nitrogens with zero attached hydrogens (tertiary/aromatic N) is 1. The molecule has 0 saturated heterocycles. The second kappa shape index (κ2) is 5.32. The maximum Gasteiger partial charge on any atom is 0.238 e. The predicted molar refractivity (Wildman–Crippen MR) is 75.2 cm³/mol. The number of nitriles is 1. The fourth-order valence-electron chi connectivity index (χ4n) is 2.03. The molecule has 1 aromatic rings. The molecule has 0 aliphatic rings. The predicted octanol–water partition coefficient (Wildman–Crippen LogP) is 2.26. The van der Waals surface area contributed by atoms with Gasteiger partial charge in [0.15, 0.2) is 0 Å². The lowest BCUT2D eigenvalue weighted by Crippen LogP contribution is -2.19. The Morgan fingerprint density at radius 3 is 2.26 bits per heavy atom. The summed E-state index contributed by atoms with van der Waals surface area (Å²) in [5, 5.41) is 14.2. The Labute approximate surface area is 115 Å². The van der Waals surface area contributed by atoms with E-state index in [0.29, 0.717) is 12.0 Å². The lowest BCUT2D eigenvalue weighted by molar-refractivity contribution is 0.581. The van der Waals surface area contributed by atoms with E-state index >= 15 is 0 Å². The molecular weight excluding hydrogens is 260 g/mol. The number of primary sulfonamides is 1. The summed E-state index contributed by atoms with van der Waals surface area (Å²) in [4.78, 5) is 0.146. The molecule has 5 heteroatoms. The Morgan fingerprint density at radius 1 is 1.32 bits per heavy atom. The van der Waals surface area contributed by atoms with Crippen molar-refractivity contribution in [3.8, 4) is 6.07 Å². The second-order valence-corrected chi connectivity index (χ2v) is 7.13. The van der Waals surface area contributed by atoms with Gasteiger partial charge in [0.05, 0.1) is 17.4 Å². The van der Waals surface area contributed by atoms with Crippen LogP contribution >= 0.6 is 0 Å². The molecule has 104 valence electrons. The van der Waals surface area contributed by atoms with Crippen LogP contribution in [0.3, 0.4) is 0 Å². The summed E-state index contributed by atoms with van der Waals surface area (Å²) in [6.45, 7) is 7.85. The van der Waals surface area contributed by atoms with Crippen molar-refractivity contribution >= 4 is 10.0 Å². The molecule has 19 heavy (non-hydrogen) atoms. The molecule has 2 N–H and O–H groups in total. The number of hydrogen-bond acceptors (Lipinski definition) is 3. The van der Waals surface area contributed by atoms with E-state index in [1.165, 1.54) is 0 Å². The number of hydrogen-bond donors (Lipinski definition) is 1. The van der Waals surface area contributed by atoms with Gasteiger partial charge >= 0.3 is 0 Å². The van der Waals surface area contributed by atoms with Gasteiger partial charge in [-0.25, -0.2) is 13.6 Å². The normalized spacial score (nSPS) is 12.2. The molecule has 0 radical (unpaired) electrons. The van der Waals surface area contributed by atoms with Crippen LogP contribution in [0.1, 0.15) is 44.4 Å². The summed E-state index contributed by atoms with van der Waals surface area (Å²) < 4.78 is 23.5. The Bertz CT molecular complexity index is 620. The molecule has 4 nitrogen and oxygen atoms in total.